The third-order valence-corrected chi connectivity index (χ3v) is 64.6. The molecule has 0 saturated carbocycles. The van der Waals surface area contributed by atoms with E-state index in [9.17, 15) is 0 Å². The van der Waals surface area contributed by atoms with Crippen LogP contribution in [0, 0.1) is 0 Å². The Morgan fingerprint density at radius 1 is 0.218 bits per heavy atom. The number of rotatable bonds is 27. The fourth-order valence-corrected chi connectivity index (χ4v) is 62.9. The summed E-state index contributed by atoms with van der Waals surface area (Å²) in [6.07, 6.45) is 38.1. The topological polar surface area (TPSA) is 0 Å². The van der Waals surface area contributed by atoms with Gasteiger partial charge in [0.25, 0.3) is 0 Å². The van der Waals surface area contributed by atoms with Crippen LogP contribution in [0.4, 0.5) is 0 Å². The van der Waals surface area contributed by atoms with Crippen molar-refractivity contribution in [3.8, 4) is 0 Å². The molecule has 0 spiro atoms. The van der Waals surface area contributed by atoms with Gasteiger partial charge in [0.1, 0.15) is 0 Å². The Morgan fingerprint density at radius 3 is 0.471 bits per heavy atom. The molecule has 0 radical (unpaired) electrons. The van der Waals surface area contributed by atoms with Crippen LogP contribution >= 0.6 is 14.0 Å². The van der Waals surface area contributed by atoms with E-state index in [4.69, 9.17) is 14.0 Å². The van der Waals surface area contributed by atoms with Gasteiger partial charge in [-0.25, -0.2) is 0 Å². The van der Waals surface area contributed by atoms with Crippen LogP contribution in [-0.2, 0) is 65.0 Å². The molecule has 9 rings (SSSR count). The van der Waals surface area contributed by atoms with E-state index in [1.807, 2.05) is 66.8 Å². The molecule has 0 unspecified atom stereocenters. The zero-order valence-electron chi connectivity index (χ0n) is 61.8. The molecule has 0 aliphatic heterocycles. The molecule has 0 heterocycles. The van der Waals surface area contributed by atoms with Crippen molar-refractivity contribution < 1.29 is 0 Å². The van der Waals surface area contributed by atoms with Gasteiger partial charge in [-0.05, 0) is 0 Å². The van der Waals surface area contributed by atoms with Crippen LogP contribution in [0.1, 0.15) is 426 Å². The minimum atomic E-state index is -3.04. The minimum absolute atomic E-state index is 0.146. The van der Waals surface area contributed by atoms with Gasteiger partial charge in [-0.2, -0.15) is 0 Å². The first-order chi connectivity index (χ1) is 41.5. The standard InChI is InChI=1S/C84H135BrGe2/c1-25-73(26-2)52-79(37-13,38-14)64-58(73)49-59-65(80(39-15,40-16)53-74(59,27-3)28-4)70(64)86(71-66-60(75(29-5,30-6)54-81(66,41-17)42-18)50-61-67(71)82(43-19,44-20)55-76(61,31-7)32-8)87(85)72-68-62(77(33-9,34-10)56-83(68,45-21)46-22)51-63-69(72)84(47-23,48-24)57-78(63,35-11)36-12/h49-51H,25-48,52-57H2,1-24H3. The Morgan fingerprint density at radius 2 is 0.345 bits per heavy atom. The molecule has 0 aromatic heterocycles. The molecular weight excluding hydrogens is 1230 g/mol. The molecule has 3 aromatic rings. The Kier molecular flexibility index (Phi) is 20.3. The third kappa shape index (κ3) is 9.06. The summed E-state index contributed by atoms with van der Waals surface area (Å²) in [7, 11) is -2.84. The van der Waals surface area contributed by atoms with Crippen molar-refractivity contribution in [1.82, 2.24) is 0 Å². The summed E-state index contributed by atoms with van der Waals surface area (Å²) in [5, 5.41) is 0. The van der Waals surface area contributed by atoms with Crippen molar-refractivity contribution in [2.75, 3.05) is 0 Å². The van der Waals surface area contributed by atoms with Gasteiger partial charge < -0.3 is 0 Å². The first-order valence-electron chi connectivity index (χ1n) is 38.6. The molecule has 0 atom stereocenters. The van der Waals surface area contributed by atoms with Crippen molar-refractivity contribution in [1.29, 1.82) is 0 Å². The van der Waals surface area contributed by atoms with Crippen molar-refractivity contribution >= 4 is 49.0 Å². The molecule has 0 amide bonds. The van der Waals surface area contributed by atoms with Gasteiger partial charge >= 0.3 is 558 Å². The van der Waals surface area contributed by atoms with Crippen LogP contribution in [-0.4, -0.2) is 21.8 Å². The zero-order chi connectivity index (χ0) is 64.1. The maximum atomic E-state index is 5.87. The summed E-state index contributed by atoms with van der Waals surface area (Å²) in [6, 6.07) is 9.27. The Bertz CT molecular complexity index is 2720. The van der Waals surface area contributed by atoms with Gasteiger partial charge in [0.15, 0.2) is 0 Å². The monoisotopic (exact) mass is 1370 g/mol. The summed E-state index contributed by atoms with van der Waals surface area (Å²) < 4.78 is 6.38. The molecule has 0 saturated heterocycles. The van der Waals surface area contributed by atoms with E-state index >= 15 is 0 Å². The van der Waals surface area contributed by atoms with Gasteiger partial charge in [-0.1, -0.05) is 0 Å². The summed E-state index contributed by atoms with van der Waals surface area (Å²) in [5.74, 6) is 0. The average molecular weight is 1370 g/mol. The van der Waals surface area contributed by atoms with Crippen LogP contribution in [0.15, 0.2) is 18.2 Å². The summed E-state index contributed by atoms with van der Waals surface area (Å²) >= 11 is 2.83. The first-order valence-corrected chi connectivity index (χ1v) is 53.2. The van der Waals surface area contributed by atoms with Gasteiger partial charge in [-0.3, -0.25) is 0 Å². The van der Waals surface area contributed by atoms with Crippen LogP contribution in [0.5, 0.6) is 0 Å². The zero-order valence-corrected chi connectivity index (χ0v) is 67.6. The molecule has 6 aliphatic carbocycles. The average Bonchev–Trinajstić information content (AvgIpc) is 1.55. The van der Waals surface area contributed by atoms with Gasteiger partial charge in [0, 0.05) is 0 Å². The fourth-order valence-electron chi connectivity index (χ4n) is 24.4. The predicted molar refractivity (Wildman–Crippen MR) is 393 cm³/mol. The number of hydrogen-bond donors (Lipinski definition) is 0. The molecule has 3 aromatic carbocycles. The van der Waals surface area contributed by atoms with Gasteiger partial charge in [0.05, 0.1) is 0 Å². The van der Waals surface area contributed by atoms with Gasteiger partial charge in [0.2, 0.25) is 0 Å². The van der Waals surface area contributed by atoms with Crippen LogP contribution in [0.3, 0.4) is 0 Å². The molecule has 486 valence electrons. The Balaban J connectivity index is 1.82. The molecule has 0 N–H and O–H groups in total. The second-order valence-electron chi connectivity index (χ2n) is 31.9. The van der Waals surface area contributed by atoms with E-state index in [0.29, 0.717) is 0 Å². The van der Waals surface area contributed by atoms with Crippen molar-refractivity contribution in [3.05, 3.63) is 85.0 Å². The van der Waals surface area contributed by atoms with Crippen molar-refractivity contribution in [3.63, 3.8) is 0 Å². The number of benzene rings is 3. The van der Waals surface area contributed by atoms with E-state index in [2.05, 4.69) is 198 Å². The number of halogens is 1. The van der Waals surface area contributed by atoms with E-state index in [1.165, 1.54) is 193 Å². The Hall–Kier alpha value is -0.774. The maximum absolute atomic E-state index is 5.87. The van der Waals surface area contributed by atoms with E-state index in [0.717, 1.165) is 0 Å². The molecule has 87 heavy (non-hydrogen) atoms. The van der Waals surface area contributed by atoms with E-state index < -0.39 is 21.8 Å². The molecule has 3 heteroatoms. The first kappa shape index (κ1) is 70.5. The molecular formula is C84H135BrGe2. The SMILES string of the molecule is CCC1(CC)CC(CC)(CC)c2c1cc1c([c]2[Ge]([Br])=[Ge]([c]2c3c(cc4c2C(CC)(CC)CC4(CC)CC)C(CC)(CC)CC3(CC)CC)[c]2c3c(cc4c2C(CC)(CC)CC4(CC)CC)C(CC)(CC)CC3(CC)CC)C(CC)(CC)CC1(CC)CC. The fraction of sp³-hybridized carbons (Fsp3) is 0.786. The van der Waals surface area contributed by atoms with Crippen molar-refractivity contribution in [2.45, 2.75) is 424 Å². The second kappa shape index (κ2) is 25.1. The summed E-state index contributed by atoms with van der Waals surface area (Å²) in [5.41, 5.74) is 25.3. The Labute approximate surface area is 553 Å². The third-order valence-electron chi connectivity index (χ3n) is 31.8. The number of fused-ring (bicyclic) bond motifs is 6. The molecule has 0 nitrogen and oxygen atoms in total. The quantitative estimate of drug-likeness (QED) is 0.0668. The number of hydrogen-bond acceptors (Lipinski definition) is 0. The molecule has 0 fully saturated rings. The normalized spacial score (nSPS) is 22.9. The summed E-state index contributed by atoms with van der Waals surface area (Å²) in [6.45, 7) is 64.0. The summed E-state index contributed by atoms with van der Waals surface area (Å²) in [4.78, 5) is 0. The second-order valence-corrected chi connectivity index (χ2v) is 60.9. The van der Waals surface area contributed by atoms with Gasteiger partial charge in [-0.15, -0.1) is 0 Å². The molecule has 6 aliphatic rings. The van der Waals surface area contributed by atoms with E-state index in [1.54, 1.807) is 0 Å². The van der Waals surface area contributed by atoms with Crippen molar-refractivity contribution in [2.24, 2.45) is 0 Å². The predicted octanol–water partition coefficient (Wildman–Crippen LogP) is 23.8. The van der Waals surface area contributed by atoms with Crippen LogP contribution in [0.2, 0.25) is 0 Å². The van der Waals surface area contributed by atoms with Crippen LogP contribution in [0.25, 0.3) is 0 Å². The van der Waals surface area contributed by atoms with Crippen LogP contribution < -0.4 is 13.2 Å². The van der Waals surface area contributed by atoms with E-state index in [-0.39, 0.29) is 65.0 Å². The molecule has 0 bridgehead atoms.